The van der Waals surface area contributed by atoms with Gasteiger partial charge in [0.2, 0.25) is 0 Å². The minimum absolute atomic E-state index is 0.144. The van der Waals surface area contributed by atoms with E-state index < -0.39 is 0 Å². The van der Waals surface area contributed by atoms with Crippen molar-refractivity contribution in [1.29, 1.82) is 0 Å². The predicted octanol–water partition coefficient (Wildman–Crippen LogP) is 1.49. The van der Waals surface area contributed by atoms with Crippen LogP contribution in [-0.2, 0) is 4.74 Å². The fourth-order valence-corrected chi connectivity index (χ4v) is 0.990. The summed E-state index contributed by atoms with van der Waals surface area (Å²) in [4.78, 5) is 10.6. The molecule has 0 radical (unpaired) electrons. The third-order valence-electron chi connectivity index (χ3n) is 1.62. The Balaban J connectivity index is 2.86. The Morgan fingerprint density at radius 3 is 2.50 bits per heavy atom. The largest absolute Gasteiger partial charge is 0.497 e. The van der Waals surface area contributed by atoms with E-state index in [0.29, 0.717) is 17.1 Å². The minimum atomic E-state index is 0.144. The van der Waals surface area contributed by atoms with E-state index in [0.717, 1.165) is 6.29 Å². The van der Waals surface area contributed by atoms with E-state index in [4.69, 9.17) is 14.2 Å². The van der Waals surface area contributed by atoms with Crippen LogP contribution in [0.25, 0.3) is 0 Å². The first-order valence-electron chi connectivity index (χ1n) is 4.06. The number of carbonyl (C=O) groups excluding carboxylic acids is 1. The summed E-state index contributed by atoms with van der Waals surface area (Å²) in [6.07, 6.45) is 0.738. The topological polar surface area (TPSA) is 44.8 Å². The highest BCUT2D eigenvalue weighted by molar-refractivity contribution is 5.76. The number of rotatable bonds is 5. The number of methoxy groups -OCH3 is 2. The van der Waals surface area contributed by atoms with Crippen LogP contribution in [0.15, 0.2) is 18.2 Å². The van der Waals surface area contributed by atoms with Crippen molar-refractivity contribution in [3.63, 3.8) is 0 Å². The first kappa shape index (κ1) is 10.5. The van der Waals surface area contributed by atoms with Crippen LogP contribution in [0.5, 0.6) is 11.5 Å². The average molecular weight is 196 g/mol. The highest BCUT2D eigenvalue weighted by Gasteiger charge is 2.01. The summed E-state index contributed by atoms with van der Waals surface area (Å²) in [5.74, 6) is 1.13. The lowest BCUT2D eigenvalue weighted by Gasteiger charge is -2.07. The van der Waals surface area contributed by atoms with Gasteiger partial charge in [-0.05, 0) is 12.1 Å². The van der Waals surface area contributed by atoms with Gasteiger partial charge in [0, 0.05) is 18.7 Å². The summed E-state index contributed by atoms with van der Waals surface area (Å²) in [7, 11) is 3.06. The standard InChI is InChI=1S/C10H12O4/c1-12-7-14-10-4-8(6-11)3-9(5-10)13-2/h3-6H,7H2,1-2H3. The summed E-state index contributed by atoms with van der Waals surface area (Å²) in [6, 6.07) is 4.94. The summed E-state index contributed by atoms with van der Waals surface area (Å²) >= 11 is 0. The van der Waals surface area contributed by atoms with Gasteiger partial charge in [0.1, 0.15) is 17.8 Å². The van der Waals surface area contributed by atoms with Crippen molar-refractivity contribution in [3.05, 3.63) is 23.8 Å². The lowest BCUT2D eigenvalue weighted by Crippen LogP contribution is -1.99. The van der Waals surface area contributed by atoms with Gasteiger partial charge in [-0.25, -0.2) is 0 Å². The molecule has 0 saturated carbocycles. The molecule has 0 N–H and O–H groups in total. The van der Waals surface area contributed by atoms with Crippen molar-refractivity contribution in [3.8, 4) is 11.5 Å². The molecule has 0 saturated heterocycles. The van der Waals surface area contributed by atoms with Gasteiger partial charge in [-0.1, -0.05) is 0 Å². The van der Waals surface area contributed by atoms with Crippen LogP contribution in [0.1, 0.15) is 10.4 Å². The van der Waals surface area contributed by atoms with Crippen LogP contribution in [0.3, 0.4) is 0 Å². The maximum atomic E-state index is 10.6. The molecule has 0 heterocycles. The van der Waals surface area contributed by atoms with Gasteiger partial charge in [-0.2, -0.15) is 0 Å². The van der Waals surface area contributed by atoms with Gasteiger partial charge in [-0.15, -0.1) is 0 Å². The smallest absolute Gasteiger partial charge is 0.188 e. The number of hydrogen-bond donors (Lipinski definition) is 0. The van der Waals surface area contributed by atoms with Crippen molar-refractivity contribution < 1.29 is 19.0 Å². The van der Waals surface area contributed by atoms with Crippen molar-refractivity contribution in [2.24, 2.45) is 0 Å². The summed E-state index contributed by atoms with van der Waals surface area (Å²) in [6.45, 7) is 0.144. The molecule has 1 rings (SSSR count). The van der Waals surface area contributed by atoms with Crippen LogP contribution in [-0.4, -0.2) is 27.3 Å². The van der Waals surface area contributed by atoms with Gasteiger partial charge >= 0.3 is 0 Å². The van der Waals surface area contributed by atoms with E-state index in [-0.39, 0.29) is 6.79 Å². The number of aldehydes is 1. The van der Waals surface area contributed by atoms with Crippen LogP contribution < -0.4 is 9.47 Å². The molecule has 4 heteroatoms. The Morgan fingerprint density at radius 2 is 1.93 bits per heavy atom. The van der Waals surface area contributed by atoms with E-state index in [9.17, 15) is 4.79 Å². The van der Waals surface area contributed by atoms with Gasteiger partial charge in [0.15, 0.2) is 6.79 Å². The zero-order valence-electron chi connectivity index (χ0n) is 8.15. The fraction of sp³-hybridized carbons (Fsp3) is 0.300. The number of hydrogen-bond acceptors (Lipinski definition) is 4. The molecular weight excluding hydrogens is 184 g/mol. The molecule has 14 heavy (non-hydrogen) atoms. The van der Waals surface area contributed by atoms with E-state index >= 15 is 0 Å². The van der Waals surface area contributed by atoms with E-state index in [1.54, 1.807) is 18.2 Å². The van der Waals surface area contributed by atoms with Crippen LogP contribution >= 0.6 is 0 Å². The molecular formula is C10H12O4. The van der Waals surface area contributed by atoms with Gasteiger partial charge < -0.3 is 14.2 Å². The molecule has 0 aliphatic rings. The highest BCUT2D eigenvalue weighted by Crippen LogP contribution is 2.21. The van der Waals surface area contributed by atoms with Crippen molar-refractivity contribution in [2.45, 2.75) is 0 Å². The van der Waals surface area contributed by atoms with Gasteiger partial charge in [0.05, 0.1) is 7.11 Å². The molecule has 0 aliphatic carbocycles. The summed E-state index contributed by atoms with van der Waals surface area (Å²) in [5, 5.41) is 0. The molecule has 0 aliphatic heterocycles. The maximum Gasteiger partial charge on any atom is 0.188 e. The fourth-order valence-electron chi connectivity index (χ4n) is 0.990. The Hall–Kier alpha value is -1.55. The lowest BCUT2D eigenvalue weighted by molar-refractivity contribution is 0.0509. The van der Waals surface area contributed by atoms with E-state index in [1.807, 2.05) is 0 Å². The molecule has 76 valence electrons. The molecule has 0 fully saturated rings. The highest BCUT2D eigenvalue weighted by atomic mass is 16.7. The first-order chi connectivity index (χ1) is 6.80. The third kappa shape index (κ3) is 2.74. The molecule has 0 atom stereocenters. The lowest BCUT2D eigenvalue weighted by atomic mass is 10.2. The monoisotopic (exact) mass is 196 g/mol. The number of carbonyl (C=O) groups is 1. The normalized spacial score (nSPS) is 9.57. The Labute approximate surface area is 82.4 Å². The molecule has 0 amide bonds. The number of benzene rings is 1. The van der Waals surface area contributed by atoms with Gasteiger partial charge in [0.25, 0.3) is 0 Å². The molecule has 0 bridgehead atoms. The minimum Gasteiger partial charge on any atom is -0.497 e. The predicted molar refractivity (Wildman–Crippen MR) is 50.9 cm³/mol. The van der Waals surface area contributed by atoms with Crippen LogP contribution in [0.4, 0.5) is 0 Å². The second-order valence-electron chi connectivity index (χ2n) is 2.61. The van der Waals surface area contributed by atoms with Gasteiger partial charge in [-0.3, -0.25) is 4.79 Å². The van der Waals surface area contributed by atoms with Crippen molar-refractivity contribution in [1.82, 2.24) is 0 Å². The average Bonchev–Trinajstić information content (AvgIpc) is 2.25. The molecule has 1 aromatic carbocycles. The third-order valence-corrected chi connectivity index (χ3v) is 1.62. The quantitative estimate of drug-likeness (QED) is 0.528. The molecule has 0 unspecified atom stereocenters. The molecule has 4 nitrogen and oxygen atoms in total. The zero-order valence-corrected chi connectivity index (χ0v) is 8.15. The molecule has 0 spiro atoms. The molecule has 0 aromatic heterocycles. The second-order valence-corrected chi connectivity index (χ2v) is 2.61. The maximum absolute atomic E-state index is 10.6. The zero-order chi connectivity index (χ0) is 10.4. The van der Waals surface area contributed by atoms with Crippen molar-refractivity contribution >= 4 is 6.29 Å². The van der Waals surface area contributed by atoms with Crippen molar-refractivity contribution in [2.75, 3.05) is 21.0 Å². The summed E-state index contributed by atoms with van der Waals surface area (Å²) < 4.78 is 14.9. The Bertz CT molecular complexity index is 309. The Morgan fingerprint density at radius 1 is 1.21 bits per heavy atom. The summed E-state index contributed by atoms with van der Waals surface area (Å²) in [5.41, 5.74) is 0.510. The Kier molecular flexibility index (Phi) is 3.94. The van der Waals surface area contributed by atoms with E-state index in [2.05, 4.69) is 0 Å². The SMILES string of the molecule is COCOc1cc(C=O)cc(OC)c1. The second kappa shape index (κ2) is 5.24. The van der Waals surface area contributed by atoms with Crippen LogP contribution in [0, 0.1) is 0 Å². The number of ether oxygens (including phenoxy) is 3. The van der Waals surface area contributed by atoms with E-state index in [1.165, 1.54) is 14.2 Å². The van der Waals surface area contributed by atoms with Crippen LogP contribution in [0.2, 0.25) is 0 Å². The molecule has 1 aromatic rings. The first-order valence-corrected chi connectivity index (χ1v) is 4.06.